The molecule has 0 spiro atoms. The number of carbonyl (C=O) groups excluding carboxylic acids is 1. The van der Waals surface area contributed by atoms with E-state index in [9.17, 15) is 18.0 Å². The highest BCUT2D eigenvalue weighted by Crippen LogP contribution is 2.30. The summed E-state index contributed by atoms with van der Waals surface area (Å²) in [7, 11) is 2.72. The van der Waals surface area contributed by atoms with Gasteiger partial charge in [-0.15, -0.1) is 0 Å². The van der Waals surface area contributed by atoms with E-state index in [4.69, 9.17) is 23.9 Å². The fraction of sp³-hybridized carbons (Fsp3) is 0.258. The van der Waals surface area contributed by atoms with Crippen LogP contribution in [0, 0.1) is 0 Å². The summed E-state index contributed by atoms with van der Waals surface area (Å²) in [6, 6.07) is 18.9. The van der Waals surface area contributed by atoms with Gasteiger partial charge in [0.05, 0.1) is 26.0 Å². The van der Waals surface area contributed by atoms with Gasteiger partial charge in [0, 0.05) is 11.1 Å². The van der Waals surface area contributed by atoms with Crippen molar-refractivity contribution in [3.8, 4) is 5.75 Å². The highest BCUT2D eigenvalue weighted by molar-refractivity contribution is 6.47. The third-order valence-electron chi connectivity index (χ3n) is 5.79. The second-order valence-electron chi connectivity index (χ2n) is 8.73. The first kappa shape index (κ1) is 31.7. The molecule has 11 heteroatoms. The van der Waals surface area contributed by atoms with Crippen molar-refractivity contribution in [2.24, 2.45) is 10.3 Å². The fourth-order valence-electron chi connectivity index (χ4n) is 3.77. The van der Waals surface area contributed by atoms with Gasteiger partial charge in [-0.2, -0.15) is 13.2 Å². The summed E-state index contributed by atoms with van der Waals surface area (Å²) in [5.74, 6) is -0.0998. The van der Waals surface area contributed by atoms with E-state index in [1.165, 1.54) is 26.5 Å². The normalized spacial score (nSPS) is 12.5. The molecule has 0 aromatic heterocycles. The minimum absolute atomic E-state index is 0.0315. The van der Waals surface area contributed by atoms with Gasteiger partial charge in [-0.05, 0) is 61.4 Å². The molecule has 0 atom stereocenters. The molecule has 0 heterocycles. The zero-order valence-electron chi connectivity index (χ0n) is 23.6. The Balaban J connectivity index is 1.73. The SMILES string of the molecule is CCON=C(C(C)=NOCc1ccccc1C(=COC)C(=O)OC)c1ccc(OCc2cccc(C(F)(F)F)c2)cc1. The molecule has 0 aliphatic rings. The van der Waals surface area contributed by atoms with Gasteiger partial charge in [0.1, 0.15) is 42.6 Å². The van der Waals surface area contributed by atoms with Crippen molar-refractivity contribution in [3.63, 3.8) is 0 Å². The van der Waals surface area contributed by atoms with E-state index in [-0.39, 0.29) is 18.8 Å². The van der Waals surface area contributed by atoms with Gasteiger partial charge in [0.25, 0.3) is 0 Å². The first-order valence-corrected chi connectivity index (χ1v) is 12.8. The Labute approximate surface area is 242 Å². The number of halogens is 3. The molecule has 3 aromatic rings. The summed E-state index contributed by atoms with van der Waals surface area (Å²) in [4.78, 5) is 23.2. The van der Waals surface area contributed by atoms with E-state index >= 15 is 0 Å². The molecule has 42 heavy (non-hydrogen) atoms. The van der Waals surface area contributed by atoms with Gasteiger partial charge in [0.15, 0.2) is 0 Å². The van der Waals surface area contributed by atoms with Gasteiger partial charge < -0.3 is 23.9 Å². The quantitative estimate of drug-likeness (QED) is 0.0724. The molecule has 3 rings (SSSR count). The molecule has 3 aromatic carbocycles. The van der Waals surface area contributed by atoms with E-state index < -0.39 is 17.7 Å². The number of methoxy groups -OCH3 is 2. The van der Waals surface area contributed by atoms with Crippen LogP contribution in [0.5, 0.6) is 5.75 Å². The van der Waals surface area contributed by atoms with Crippen molar-refractivity contribution >= 4 is 23.0 Å². The number of esters is 1. The van der Waals surface area contributed by atoms with Crippen LogP contribution >= 0.6 is 0 Å². The van der Waals surface area contributed by atoms with Crippen LogP contribution in [-0.2, 0) is 43.3 Å². The summed E-state index contributed by atoms with van der Waals surface area (Å²) in [5, 5.41) is 8.37. The van der Waals surface area contributed by atoms with Gasteiger partial charge in [-0.25, -0.2) is 4.79 Å². The Bertz CT molecular complexity index is 1430. The first-order chi connectivity index (χ1) is 20.2. The lowest BCUT2D eigenvalue weighted by molar-refractivity contribution is -0.137. The molecule has 0 radical (unpaired) electrons. The molecular weight excluding hydrogens is 553 g/mol. The maximum Gasteiger partial charge on any atom is 0.416 e. The lowest BCUT2D eigenvalue weighted by Gasteiger charge is -2.12. The Kier molecular flexibility index (Phi) is 11.5. The van der Waals surface area contributed by atoms with Gasteiger partial charge in [-0.3, -0.25) is 0 Å². The molecule has 8 nitrogen and oxygen atoms in total. The van der Waals surface area contributed by atoms with Crippen LogP contribution < -0.4 is 4.74 Å². The Morgan fingerprint density at radius 1 is 0.905 bits per heavy atom. The Morgan fingerprint density at radius 3 is 2.31 bits per heavy atom. The smallest absolute Gasteiger partial charge is 0.416 e. The summed E-state index contributed by atoms with van der Waals surface area (Å²) < 4.78 is 54.5. The Hall–Kier alpha value is -4.80. The van der Waals surface area contributed by atoms with Gasteiger partial charge in [-0.1, -0.05) is 46.7 Å². The third-order valence-corrected chi connectivity index (χ3v) is 5.79. The van der Waals surface area contributed by atoms with Gasteiger partial charge >= 0.3 is 12.1 Å². The predicted molar refractivity (Wildman–Crippen MR) is 152 cm³/mol. The second-order valence-corrected chi connectivity index (χ2v) is 8.73. The predicted octanol–water partition coefficient (Wildman–Crippen LogP) is 6.78. The summed E-state index contributed by atoms with van der Waals surface area (Å²) in [6.45, 7) is 3.82. The van der Waals surface area contributed by atoms with Crippen LogP contribution in [0.2, 0.25) is 0 Å². The molecule has 0 N–H and O–H groups in total. The summed E-state index contributed by atoms with van der Waals surface area (Å²) >= 11 is 0. The van der Waals surface area contributed by atoms with Crippen LogP contribution in [0.3, 0.4) is 0 Å². The van der Waals surface area contributed by atoms with Crippen LogP contribution in [0.15, 0.2) is 89.4 Å². The molecule has 222 valence electrons. The van der Waals surface area contributed by atoms with Crippen molar-refractivity contribution in [1.82, 2.24) is 0 Å². The van der Waals surface area contributed by atoms with E-state index in [0.717, 1.165) is 12.1 Å². The van der Waals surface area contributed by atoms with Crippen molar-refractivity contribution < 1.29 is 41.9 Å². The summed E-state index contributed by atoms with van der Waals surface area (Å²) in [6.07, 6.45) is -3.12. The maximum atomic E-state index is 13.0. The Morgan fingerprint density at radius 2 is 1.64 bits per heavy atom. The van der Waals surface area contributed by atoms with Crippen molar-refractivity contribution in [2.45, 2.75) is 33.2 Å². The number of benzene rings is 3. The van der Waals surface area contributed by atoms with Gasteiger partial charge in [0.2, 0.25) is 0 Å². The average molecular weight is 585 g/mol. The number of ether oxygens (including phenoxy) is 3. The lowest BCUT2D eigenvalue weighted by Crippen LogP contribution is -2.14. The van der Waals surface area contributed by atoms with Crippen LogP contribution in [0.1, 0.15) is 41.7 Å². The van der Waals surface area contributed by atoms with E-state index in [2.05, 4.69) is 10.3 Å². The van der Waals surface area contributed by atoms with E-state index in [0.29, 0.717) is 46.0 Å². The van der Waals surface area contributed by atoms with Crippen molar-refractivity contribution in [3.05, 3.63) is 107 Å². The standard InChI is InChI=1S/C31H31F3N2O6/c1-5-41-36-29(21(2)35-42-19-24-10-6-7-12-27(24)28(20-38-3)30(37)39-4)23-13-15-26(16-14-23)40-18-22-9-8-11-25(17-22)31(32,33)34/h6-17,20H,5,18-19H2,1-4H3. The average Bonchev–Trinajstić information content (AvgIpc) is 2.99. The second kappa shape index (κ2) is 15.3. The zero-order chi connectivity index (χ0) is 30.5. The number of alkyl halides is 3. The maximum absolute atomic E-state index is 13.0. The number of oxime groups is 2. The molecule has 0 bridgehead atoms. The fourth-order valence-corrected chi connectivity index (χ4v) is 3.77. The topological polar surface area (TPSA) is 87.9 Å². The molecule has 0 fully saturated rings. The molecule has 0 saturated carbocycles. The molecule has 0 saturated heterocycles. The minimum atomic E-state index is -4.42. The lowest BCUT2D eigenvalue weighted by atomic mass is 10.0. The molecular formula is C31H31F3N2O6. The van der Waals surface area contributed by atoms with Crippen LogP contribution in [0.25, 0.3) is 5.57 Å². The number of hydrogen-bond acceptors (Lipinski definition) is 8. The highest BCUT2D eigenvalue weighted by atomic mass is 19.4. The van der Waals surface area contributed by atoms with E-state index in [1.54, 1.807) is 68.4 Å². The number of carbonyl (C=O) groups is 1. The number of nitrogens with zero attached hydrogens (tertiary/aromatic N) is 2. The molecule has 0 unspecified atom stereocenters. The first-order valence-electron chi connectivity index (χ1n) is 12.8. The molecule has 0 aliphatic heterocycles. The van der Waals surface area contributed by atoms with Crippen molar-refractivity contribution in [2.75, 3.05) is 20.8 Å². The zero-order valence-corrected chi connectivity index (χ0v) is 23.6. The van der Waals surface area contributed by atoms with E-state index in [1.807, 2.05) is 0 Å². The third kappa shape index (κ3) is 8.85. The van der Waals surface area contributed by atoms with Crippen molar-refractivity contribution in [1.29, 1.82) is 0 Å². The minimum Gasteiger partial charge on any atom is -0.503 e. The number of rotatable bonds is 13. The largest absolute Gasteiger partial charge is 0.503 e. The monoisotopic (exact) mass is 584 g/mol. The summed E-state index contributed by atoms with van der Waals surface area (Å²) in [5.41, 5.74) is 2.61. The number of hydrogen-bond donors (Lipinski definition) is 0. The van der Waals surface area contributed by atoms with Crippen LogP contribution in [-0.4, -0.2) is 38.2 Å². The molecule has 0 aliphatic carbocycles. The molecule has 0 amide bonds. The highest BCUT2D eigenvalue weighted by Gasteiger charge is 2.30. The van der Waals surface area contributed by atoms with Crippen LogP contribution in [0.4, 0.5) is 13.2 Å².